The van der Waals surface area contributed by atoms with Crippen molar-refractivity contribution in [2.24, 2.45) is 5.92 Å². The number of unbranched alkanes of at least 4 members (excludes halogenated alkanes) is 3. The van der Waals surface area contributed by atoms with Crippen molar-refractivity contribution < 1.29 is 13.9 Å². The summed E-state index contributed by atoms with van der Waals surface area (Å²) >= 11 is 0. The molecule has 1 aliphatic heterocycles. The molecule has 0 bridgehead atoms. The van der Waals surface area contributed by atoms with E-state index in [2.05, 4.69) is 19.1 Å². The summed E-state index contributed by atoms with van der Waals surface area (Å²) in [5.74, 6) is 0.0551. The van der Waals surface area contributed by atoms with Gasteiger partial charge in [-0.15, -0.1) is 0 Å². The molecule has 29 heavy (non-hydrogen) atoms. The summed E-state index contributed by atoms with van der Waals surface area (Å²) in [7, 11) is 0. The fourth-order valence-electron chi connectivity index (χ4n) is 3.71. The Balaban J connectivity index is 1.43. The highest BCUT2D eigenvalue weighted by Gasteiger charge is 2.21. The monoisotopic (exact) mass is 395 g/mol. The highest BCUT2D eigenvalue weighted by atomic mass is 19.1. The lowest BCUT2D eigenvalue weighted by Gasteiger charge is -2.29. The summed E-state index contributed by atoms with van der Waals surface area (Å²) < 4.78 is 25.6. The van der Waals surface area contributed by atoms with Gasteiger partial charge >= 0.3 is 0 Å². The van der Waals surface area contributed by atoms with Gasteiger partial charge in [0.1, 0.15) is 11.9 Å². The number of benzene rings is 2. The van der Waals surface area contributed by atoms with Crippen LogP contribution in [0, 0.1) is 23.1 Å². The molecule has 0 saturated carbocycles. The minimum atomic E-state index is -0.482. The van der Waals surface area contributed by atoms with Gasteiger partial charge in [0.15, 0.2) is 6.29 Å². The van der Waals surface area contributed by atoms with Crippen LogP contribution in [0.4, 0.5) is 4.39 Å². The smallest absolute Gasteiger partial charge is 0.157 e. The number of nitrogens with zero attached hydrogens (tertiary/aromatic N) is 1. The van der Waals surface area contributed by atoms with Crippen LogP contribution in [0.15, 0.2) is 42.5 Å². The normalized spacial score (nSPS) is 19.1. The van der Waals surface area contributed by atoms with Gasteiger partial charge in [-0.1, -0.05) is 62.9 Å². The second kappa shape index (κ2) is 11.1. The Morgan fingerprint density at radius 2 is 1.69 bits per heavy atom. The first-order valence-corrected chi connectivity index (χ1v) is 10.7. The number of hydrogen-bond donors (Lipinski definition) is 0. The lowest BCUT2D eigenvalue weighted by Crippen LogP contribution is -2.32. The van der Waals surface area contributed by atoms with Crippen molar-refractivity contribution in [2.75, 3.05) is 13.2 Å². The molecule has 0 N–H and O–H groups in total. The van der Waals surface area contributed by atoms with Gasteiger partial charge in [0, 0.05) is 12.3 Å². The molecule has 1 aliphatic rings. The minimum Gasteiger partial charge on any atom is -0.352 e. The molecule has 0 atom stereocenters. The lowest BCUT2D eigenvalue weighted by atomic mass is 10.0. The highest BCUT2D eigenvalue weighted by Crippen LogP contribution is 2.24. The molecule has 3 nitrogen and oxygen atoms in total. The van der Waals surface area contributed by atoms with Crippen molar-refractivity contribution in [1.82, 2.24) is 0 Å². The second-order valence-electron chi connectivity index (χ2n) is 7.85. The van der Waals surface area contributed by atoms with Crippen LogP contribution in [0.2, 0.25) is 0 Å². The Morgan fingerprint density at radius 3 is 2.34 bits per heavy atom. The molecule has 0 aromatic heterocycles. The average Bonchev–Trinajstić information content (AvgIpc) is 2.76. The summed E-state index contributed by atoms with van der Waals surface area (Å²) in [6, 6.07) is 14.7. The number of rotatable bonds is 9. The summed E-state index contributed by atoms with van der Waals surface area (Å²) in [4.78, 5) is 0. The first-order valence-electron chi connectivity index (χ1n) is 10.7. The zero-order chi connectivity index (χ0) is 20.5. The Labute approximate surface area is 173 Å². The van der Waals surface area contributed by atoms with Crippen LogP contribution in [0.1, 0.15) is 56.6 Å². The van der Waals surface area contributed by atoms with Crippen molar-refractivity contribution in [2.45, 2.75) is 58.2 Å². The molecular formula is C25H30FNO2. The van der Waals surface area contributed by atoms with Crippen molar-refractivity contribution >= 4 is 0 Å². The van der Waals surface area contributed by atoms with Gasteiger partial charge in [-0.2, -0.15) is 5.26 Å². The highest BCUT2D eigenvalue weighted by molar-refractivity contribution is 5.64. The van der Waals surface area contributed by atoms with E-state index < -0.39 is 5.82 Å². The predicted octanol–water partition coefficient (Wildman–Crippen LogP) is 6.26. The van der Waals surface area contributed by atoms with E-state index in [1.807, 2.05) is 18.2 Å². The summed E-state index contributed by atoms with van der Waals surface area (Å²) in [6.45, 7) is 3.85. The quantitative estimate of drug-likeness (QED) is 0.471. The lowest BCUT2D eigenvalue weighted by molar-refractivity contribution is -0.203. The third kappa shape index (κ3) is 6.39. The Kier molecular flexibility index (Phi) is 8.22. The zero-order valence-corrected chi connectivity index (χ0v) is 17.2. The molecule has 1 heterocycles. The first kappa shape index (κ1) is 21.5. The van der Waals surface area contributed by atoms with Crippen molar-refractivity contribution in [3.63, 3.8) is 0 Å². The van der Waals surface area contributed by atoms with Gasteiger partial charge in [0.25, 0.3) is 0 Å². The summed E-state index contributed by atoms with van der Waals surface area (Å²) in [5, 5.41) is 8.84. The van der Waals surface area contributed by atoms with Gasteiger partial charge in [0.2, 0.25) is 0 Å². The van der Waals surface area contributed by atoms with Crippen LogP contribution in [-0.2, 0) is 15.9 Å². The molecule has 0 aliphatic carbocycles. The molecule has 0 unspecified atom stereocenters. The van der Waals surface area contributed by atoms with Gasteiger partial charge in [0.05, 0.1) is 18.8 Å². The molecule has 1 fully saturated rings. The third-order valence-electron chi connectivity index (χ3n) is 5.55. The van der Waals surface area contributed by atoms with Crippen LogP contribution < -0.4 is 0 Å². The van der Waals surface area contributed by atoms with Crippen molar-refractivity contribution in [1.29, 1.82) is 5.26 Å². The molecule has 0 amide bonds. The van der Waals surface area contributed by atoms with Crippen LogP contribution >= 0.6 is 0 Å². The molecule has 3 rings (SSSR count). The fourth-order valence-corrected chi connectivity index (χ4v) is 3.71. The molecule has 2 aromatic rings. The van der Waals surface area contributed by atoms with Gasteiger partial charge in [-0.25, -0.2) is 4.39 Å². The Hall–Kier alpha value is -2.22. The number of nitriles is 1. The molecule has 4 heteroatoms. The summed E-state index contributed by atoms with van der Waals surface area (Å²) in [6.07, 6.45) is 7.97. The van der Waals surface area contributed by atoms with Crippen molar-refractivity contribution in [3.05, 3.63) is 59.4 Å². The number of halogens is 1. The predicted molar refractivity (Wildman–Crippen MR) is 113 cm³/mol. The van der Waals surface area contributed by atoms with Crippen LogP contribution in [0.3, 0.4) is 0 Å². The fraction of sp³-hybridized carbons (Fsp3) is 0.480. The van der Waals surface area contributed by atoms with E-state index in [9.17, 15) is 4.39 Å². The second-order valence-corrected chi connectivity index (χ2v) is 7.85. The Bertz CT molecular complexity index is 805. The van der Waals surface area contributed by atoms with Gasteiger partial charge in [-0.3, -0.25) is 0 Å². The Morgan fingerprint density at radius 1 is 0.966 bits per heavy atom. The topological polar surface area (TPSA) is 42.2 Å². The molecule has 0 radical (unpaired) electrons. The molecule has 154 valence electrons. The average molecular weight is 396 g/mol. The minimum absolute atomic E-state index is 0.0704. The van der Waals surface area contributed by atoms with Crippen LogP contribution in [0.5, 0.6) is 0 Å². The number of aryl methyl sites for hydroxylation is 1. The standard InChI is InChI=1S/C25H30FNO2/c1-2-3-4-5-6-20-17-28-25(29-18-20)14-9-19-7-10-21(11-8-19)22-12-13-23(16-27)24(26)15-22/h7-8,10-13,15,20,25H,2-6,9,14,17-18H2,1H3. The van der Waals surface area contributed by atoms with Gasteiger partial charge < -0.3 is 9.47 Å². The zero-order valence-electron chi connectivity index (χ0n) is 17.2. The number of ether oxygens (including phenoxy) is 2. The maximum Gasteiger partial charge on any atom is 0.157 e. The SMILES string of the molecule is CCCCCCC1COC(CCc2ccc(-c3ccc(C#N)c(F)c3)cc2)OC1. The van der Waals surface area contributed by atoms with E-state index in [0.29, 0.717) is 5.92 Å². The van der Waals surface area contributed by atoms with E-state index in [1.54, 1.807) is 6.07 Å². The first-order chi connectivity index (χ1) is 14.2. The van der Waals surface area contributed by atoms with E-state index in [4.69, 9.17) is 14.7 Å². The van der Waals surface area contributed by atoms with Crippen molar-refractivity contribution in [3.8, 4) is 17.2 Å². The third-order valence-corrected chi connectivity index (χ3v) is 5.55. The molecule has 1 saturated heterocycles. The summed E-state index contributed by atoms with van der Waals surface area (Å²) in [5.41, 5.74) is 2.99. The number of hydrogen-bond acceptors (Lipinski definition) is 3. The van der Waals surface area contributed by atoms with E-state index in [-0.39, 0.29) is 11.9 Å². The van der Waals surface area contributed by atoms with E-state index in [0.717, 1.165) is 37.2 Å². The van der Waals surface area contributed by atoms with E-state index in [1.165, 1.54) is 49.8 Å². The van der Waals surface area contributed by atoms with Crippen LogP contribution in [0.25, 0.3) is 11.1 Å². The molecule has 0 spiro atoms. The molecular weight excluding hydrogens is 365 g/mol. The largest absolute Gasteiger partial charge is 0.352 e. The van der Waals surface area contributed by atoms with E-state index >= 15 is 0 Å². The van der Waals surface area contributed by atoms with Gasteiger partial charge in [-0.05, 0) is 41.7 Å². The maximum atomic E-state index is 13.8. The maximum absolute atomic E-state index is 13.8. The molecule has 2 aromatic carbocycles. The van der Waals surface area contributed by atoms with Crippen LogP contribution in [-0.4, -0.2) is 19.5 Å².